The molecule has 1 amide bonds. The number of amides is 1. The predicted octanol–water partition coefficient (Wildman–Crippen LogP) is 3.75. The average Bonchev–Trinajstić information content (AvgIpc) is 2.91. The first-order chi connectivity index (χ1) is 12.1. The number of aromatic carboxylic acids is 1. The first-order valence-corrected chi connectivity index (χ1v) is 7.73. The van der Waals surface area contributed by atoms with E-state index in [-0.39, 0.29) is 11.5 Å². The topological polar surface area (TPSA) is 70.0 Å². The summed E-state index contributed by atoms with van der Waals surface area (Å²) in [7, 11) is 0. The second kappa shape index (κ2) is 6.97. The number of hydrogen-bond donors (Lipinski definition) is 1. The average molecular weight is 332 g/mol. The standard InChI is InChI=1S/C20H16N2O3/c1-14-18(12-5-9-15-7-3-2-4-8-15)19(23)22(21-14)17-11-6-10-16(13-17)20(24)25/h2-13H,1H3,(H,24,25)/b9-5-,18-12-. The van der Waals surface area contributed by atoms with Gasteiger partial charge in [-0.1, -0.05) is 48.6 Å². The molecule has 25 heavy (non-hydrogen) atoms. The molecule has 1 aliphatic heterocycles. The Morgan fingerprint density at radius 3 is 2.60 bits per heavy atom. The van der Waals surface area contributed by atoms with Crippen LogP contribution in [0.3, 0.4) is 0 Å². The van der Waals surface area contributed by atoms with Crippen molar-refractivity contribution in [2.24, 2.45) is 5.10 Å². The Kier molecular flexibility index (Phi) is 4.57. The first-order valence-electron chi connectivity index (χ1n) is 7.73. The number of carbonyl (C=O) groups is 2. The van der Waals surface area contributed by atoms with E-state index in [4.69, 9.17) is 5.11 Å². The van der Waals surface area contributed by atoms with Crippen LogP contribution < -0.4 is 5.01 Å². The molecule has 0 saturated carbocycles. The van der Waals surface area contributed by atoms with Crippen molar-refractivity contribution < 1.29 is 14.7 Å². The van der Waals surface area contributed by atoms with Gasteiger partial charge in [-0.05, 0) is 36.8 Å². The highest BCUT2D eigenvalue weighted by atomic mass is 16.4. The fraction of sp³-hybridized carbons (Fsp3) is 0.0500. The molecule has 2 aromatic carbocycles. The minimum atomic E-state index is -1.05. The molecule has 0 atom stereocenters. The fourth-order valence-corrected chi connectivity index (χ4v) is 2.48. The first kappa shape index (κ1) is 16.4. The number of nitrogens with zero attached hydrogens (tertiary/aromatic N) is 2. The zero-order chi connectivity index (χ0) is 17.8. The number of hydrazone groups is 1. The van der Waals surface area contributed by atoms with Crippen molar-refractivity contribution in [2.75, 3.05) is 5.01 Å². The number of benzene rings is 2. The van der Waals surface area contributed by atoms with Gasteiger partial charge >= 0.3 is 5.97 Å². The summed E-state index contributed by atoms with van der Waals surface area (Å²) in [5, 5.41) is 14.6. The van der Waals surface area contributed by atoms with Crippen LogP contribution in [0.4, 0.5) is 5.69 Å². The SMILES string of the molecule is CC1=NN(c2cccc(C(=O)O)c2)C(=O)/C1=C\C=C/c1ccccc1. The summed E-state index contributed by atoms with van der Waals surface area (Å²) in [4.78, 5) is 23.7. The Balaban J connectivity index is 1.84. The highest BCUT2D eigenvalue weighted by molar-refractivity contribution is 6.30. The monoisotopic (exact) mass is 332 g/mol. The smallest absolute Gasteiger partial charge is 0.335 e. The lowest BCUT2D eigenvalue weighted by molar-refractivity contribution is -0.114. The van der Waals surface area contributed by atoms with Crippen LogP contribution in [0.15, 0.2) is 77.4 Å². The Hall–Kier alpha value is -3.47. The molecule has 5 heteroatoms. The molecule has 2 aromatic rings. The van der Waals surface area contributed by atoms with E-state index in [0.717, 1.165) is 5.56 Å². The van der Waals surface area contributed by atoms with E-state index in [0.29, 0.717) is 17.0 Å². The molecule has 0 saturated heterocycles. The normalized spacial score (nSPS) is 15.9. The van der Waals surface area contributed by atoms with Gasteiger partial charge in [-0.25, -0.2) is 4.79 Å². The van der Waals surface area contributed by atoms with E-state index in [1.54, 1.807) is 31.2 Å². The number of carboxylic acid groups (broad SMARTS) is 1. The van der Waals surface area contributed by atoms with Crippen molar-refractivity contribution in [3.63, 3.8) is 0 Å². The van der Waals surface area contributed by atoms with Crippen LogP contribution >= 0.6 is 0 Å². The molecule has 0 radical (unpaired) electrons. The summed E-state index contributed by atoms with van der Waals surface area (Å²) in [5.74, 6) is -1.33. The third kappa shape index (κ3) is 3.55. The Labute approximate surface area is 145 Å². The third-order valence-corrected chi connectivity index (χ3v) is 3.75. The van der Waals surface area contributed by atoms with Crippen LogP contribution in [0.5, 0.6) is 0 Å². The molecule has 3 rings (SSSR count). The van der Waals surface area contributed by atoms with Crippen LogP contribution in [-0.2, 0) is 4.79 Å². The molecule has 0 aromatic heterocycles. The van der Waals surface area contributed by atoms with Crippen molar-refractivity contribution in [3.05, 3.63) is 83.4 Å². The van der Waals surface area contributed by atoms with Crippen molar-refractivity contribution in [3.8, 4) is 0 Å². The van der Waals surface area contributed by atoms with Gasteiger partial charge in [-0.15, -0.1) is 0 Å². The lowest BCUT2D eigenvalue weighted by Gasteiger charge is -2.12. The van der Waals surface area contributed by atoms with Crippen LogP contribution in [0, 0.1) is 0 Å². The Bertz CT molecular complexity index is 912. The largest absolute Gasteiger partial charge is 0.478 e. The second-order valence-electron chi connectivity index (χ2n) is 5.51. The number of hydrogen-bond acceptors (Lipinski definition) is 3. The van der Waals surface area contributed by atoms with Gasteiger partial charge < -0.3 is 5.11 Å². The molecule has 124 valence electrons. The van der Waals surface area contributed by atoms with Gasteiger partial charge in [-0.2, -0.15) is 10.1 Å². The summed E-state index contributed by atoms with van der Waals surface area (Å²) in [6, 6.07) is 15.9. The predicted molar refractivity (Wildman–Crippen MR) is 97.6 cm³/mol. The van der Waals surface area contributed by atoms with Crippen LogP contribution in [-0.4, -0.2) is 22.7 Å². The van der Waals surface area contributed by atoms with Gasteiger partial charge in [0.25, 0.3) is 5.91 Å². The fourth-order valence-electron chi connectivity index (χ4n) is 2.48. The molecule has 0 spiro atoms. The van der Waals surface area contributed by atoms with Crippen molar-refractivity contribution in [2.45, 2.75) is 6.92 Å². The van der Waals surface area contributed by atoms with Crippen molar-refractivity contribution >= 4 is 29.4 Å². The highest BCUT2D eigenvalue weighted by Gasteiger charge is 2.28. The minimum Gasteiger partial charge on any atom is -0.478 e. The van der Waals surface area contributed by atoms with E-state index in [1.807, 2.05) is 36.4 Å². The summed E-state index contributed by atoms with van der Waals surface area (Å²) in [6.45, 7) is 1.75. The number of allylic oxidation sites excluding steroid dienone is 2. The van der Waals surface area contributed by atoms with Gasteiger partial charge in [-0.3, -0.25) is 4.79 Å². The molecule has 0 aliphatic carbocycles. The zero-order valence-electron chi connectivity index (χ0n) is 13.6. The molecule has 0 unspecified atom stereocenters. The Morgan fingerprint density at radius 2 is 1.88 bits per heavy atom. The number of carbonyl (C=O) groups excluding carboxylic acids is 1. The summed E-state index contributed by atoms with van der Waals surface area (Å²) in [6.07, 6.45) is 5.43. The number of rotatable bonds is 4. The molecule has 5 nitrogen and oxygen atoms in total. The van der Waals surface area contributed by atoms with Gasteiger partial charge in [0.05, 0.1) is 22.5 Å². The maximum atomic E-state index is 12.6. The molecule has 1 heterocycles. The van der Waals surface area contributed by atoms with Crippen molar-refractivity contribution in [1.29, 1.82) is 0 Å². The second-order valence-corrected chi connectivity index (χ2v) is 5.51. The van der Waals surface area contributed by atoms with Gasteiger partial charge in [0, 0.05) is 0 Å². The van der Waals surface area contributed by atoms with E-state index >= 15 is 0 Å². The number of anilines is 1. The van der Waals surface area contributed by atoms with Crippen LogP contribution in [0.25, 0.3) is 6.08 Å². The summed E-state index contributed by atoms with van der Waals surface area (Å²) in [5.41, 5.74) is 2.64. The molecule has 0 bridgehead atoms. The summed E-state index contributed by atoms with van der Waals surface area (Å²) < 4.78 is 0. The van der Waals surface area contributed by atoms with Gasteiger partial charge in [0.2, 0.25) is 0 Å². The quantitative estimate of drug-likeness (QED) is 0.867. The number of carboxylic acids is 1. The third-order valence-electron chi connectivity index (χ3n) is 3.75. The Morgan fingerprint density at radius 1 is 1.12 bits per heavy atom. The van der Waals surface area contributed by atoms with Crippen LogP contribution in [0.1, 0.15) is 22.8 Å². The van der Waals surface area contributed by atoms with E-state index in [9.17, 15) is 9.59 Å². The van der Waals surface area contributed by atoms with E-state index in [1.165, 1.54) is 17.1 Å². The van der Waals surface area contributed by atoms with E-state index in [2.05, 4.69) is 5.10 Å². The molecule has 0 fully saturated rings. The van der Waals surface area contributed by atoms with Crippen molar-refractivity contribution in [1.82, 2.24) is 0 Å². The molecule has 1 N–H and O–H groups in total. The maximum Gasteiger partial charge on any atom is 0.335 e. The lowest BCUT2D eigenvalue weighted by Crippen LogP contribution is -2.21. The van der Waals surface area contributed by atoms with E-state index < -0.39 is 5.97 Å². The van der Waals surface area contributed by atoms with Crippen LogP contribution in [0.2, 0.25) is 0 Å². The van der Waals surface area contributed by atoms with Gasteiger partial charge in [0.1, 0.15) is 0 Å². The lowest BCUT2D eigenvalue weighted by atomic mass is 10.1. The molecular formula is C20H16N2O3. The molecular weight excluding hydrogens is 316 g/mol. The summed E-state index contributed by atoms with van der Waals surface area (Å²) >= 11 is 0. The maximum absolute atomic E-state index is 12.6. The van der Waals surface area contributed by atoms with Gasteiger partial charge in [0.15, 0.2) is 0 Å². The minimum absolute atomic E-state index is 0.111. The highest BCUT2D eigenvalue weighted by Crippen LogP contribution is 2.24. The molecule has 1 aliphatic rings. The zero-order valence-corrected chi connectivity index (χ0v) is 13.6.